The Kier molecular flexibility index (Phi) is 4.37. The van der Waals surface area contributed by atoms with Gasteiger partial charge in [-0.2, -0.15) is 0 Å². The number of nitrogens with one attached hydrogen (secondary N) is 1. The topological polar surface area (TPSA) is 38.1 Å². The maximum absolute atomic E-state index is 5.01. The monoisotopic (exact) mass is 142 g/mol. The van der Waals surface area contributed by atoms with Gasteiger partial charge in [-0.15, -0.1) is 0 Å². The van der Waals surface area contributed by atoms with Crippen LogP contribution in [-0.4, -0.2) is 12.0 Å². The fraction of sp³-hybridized carbons (Fsp3) is 0.571. The Morgan fingerprint density at radius 3 is 2.30 bits per heavy atom. The summed E-state index contributed by atoms with van der Waals surface area (Å²) in [5, 5.41) is 2.77. The Morgan fingerprint density at radius 2 is 2.10 bits per heavy atom. The average molecular weight is 142 g/mol. The molecule has 0 aliphatic carbocycles. The number of anilines is 1. The predicted octanol–water partition coefficient (Wildman–Crippen LogP) is 2.05. The van der Waals surface area contributed by atoms with Gasteiger partial charge in [0.2, 0.25) is 0 Å². The van der Waals surface area contributed by atoms with E-state index >= 15 is 0 Å². The minimum absolute atomic E-state index is 0.572. The maximum atomic E-state index is 5.01. The van der Waals surface area contributed by atoms with Crippen molar-refractivity contribution < 1.29 is 4.42 Å². The van der Waals surface area contributed by atoms with Gasteiger partial charge in [0.05, 0.1) is 6.20 Å². The Bertz CT molecular complexity index is 172. The van der Waals surface area contributed by atoms with Crippen molar-refractivity contribution in [3.05, 3.63) is 12.0 Å². The molecule has 0 fully saturated rings. The van der Waals surface area contributed by atoms with Crippen molar-refractivity contribution in [1.29, 1.82) is 0 Å². The first kappa shape index (κ1) is 9.01. The number of aromatic nitrogens is 1. The van der Waals surface area contributed by atoms with Crippen molar-refractivity contribution in [2.75, 3.05) is 12.4 Å². The molecule has 0 saturated heterocycles. The summed E-state index contributed by atoms with van der Waals surface area (Å²) in [6.07, 6.45) is 1.67. The first-order valence-corrected chi connectivity index (χ1v) is 3.43. The van der Waals surface area contributed by atoms with Crippen molar-refractivity contribution in [1.82, 2.24) is 4.98 Å². The quantitative estimate of drug-likeness (QED) is 0.652. The number of aryl methyl sites for hydroxylation is 1. The largest absolute Gasteiger partial charge is 0.429 e. The summed E-state index contributed by atoms with van der Waals surface area (Å²) >= 11 is 0. The Labute approximate surface area is 61.5 Å². The minimum Gasteiger partial charge on any atom is -0.429 e. The summed E-state index contributed by atoms with van der Waals surface area (Å²) in [5.74, 6) is 0.828. The average Bonchev–Trinajstić information content (AvgIpc) is 2.40. The van der Waals surface area contributed by atoms with Crippen molar-refractivity contribution in [3.63, 3.8) is 0 Å². The van der Waals surface area contributed by atoms with Gasteiger partial charge in [0, 0.05) is 7.05 Å². The van der Waals surface area contributed by atoms with Crippen molar-refractivity contribution in [3.8, 4) is 0 Å². The van der Waals surface area contributed by atoms with Crippen LogP contribution in [0.2, 0.25) is 0 Å². The Balaban J connectivity index is 0.000000371. The third-order valence-corrected chi connectivity index (χ3v) is 0.835. The molecule has 1 heterocycles. The minimum atomic E-state index is 0.572. The molecule has 0 aromatic carbocycles. The van der Waals surface area contributed by atoms with Crippen molar-refractivity contribution in [2.24, 2.45) is 0 Å². The van der Waals surface area contributed by atoms with Crippen LogP contribution in [-0.2, 0) is 0 Å². The first-order valence-electron chi connectivity index (χ1n) is 3.43. The van der Waals surface area contributed by atoms with E-state index in [2.05, 4.69) is 10.3 Å². The Morgan fingerprint density at radius 1 is 1.50 bits per heavy atom. The smallest absolute Gasteiger partial charge is 0.294 e. The van der Waals surface area contributed by atoms with Gasteiger partial charge in [0.25, 0.3) is 6.01 Å². The van der Waals surface area contributed by atoms with Gasteiger partial charge in [0.1, 0.15) is 5.76 Å². The second-order valence-corrected chi connectivity index (χ2v) is 1.53. The van der Waals surface area contributed by atoms with Gasteiger partial charge < -0.3 is 9.73 Å². The highest BCUT2D eigenvalue weighted by atomic mass is 16.4. The van der Waals surface area contributed by atoms with E-state index < -0.39 is 0 Å². The Hall–Kier alpha value is -0.990. The van der Waals surface area contributed by atoms with Gasteiger partial charge in [-0.05, 0) is 6.92 Å². The normalized spacial score (nSPS) is 8.00. The summed E-state index contributed by atoms with van der Waals surface area (Å²) in [6.45, 7) is 5.86. The van der Waals surface area contributed by atoms with Crippen molar-refractivity contribution in [2.45, 2.75) is 20.8 Å². The molecule has 58 valence electrons. The predicted molar refractivity (Wildman–Crippen MR) is 42.1 cm³/mol. The number of hydrogen-bond donors (Lipinski definition) is 1. The molecule has 0 saturated carbocycles. The molecule has 1 N–H and O–H groups in total. The summed E-state index contributed by atoms with van der Waals surface area (Å²) in [7, 11) is 1.77. The third kappa shape index (κ3) is 2.53. The van der Waals surface area contributed by atoms with Crippen molar-refractivity contribution >= 4 is 6.01 Å². The van der Waals surface area contributed by atoms with Crippen LogP contribution >= 0.6 is 0 Å². The highest BCUT2D eigenvalue weighted by Gasteiger charge is 1.92. The van der Waals surface area contributed by atoms with Gasteiger partial charge in [-0.1, -0.05) is 13.8 Å². The maximum Gasteiger partial charge on any atom is 0.294 e. The van der Waals surface area contributed by atoms with Crippen LogP contribution in [0.15, 0.2) is 10.6 Å². The summed E-state index contributed by atoms with van der Waals surface area (Å²) < 4.78 is 5.01. The summed E-state index contributed by atoms with van der Waals surface area (Å²) in [4.78, 5) is 3.86. The van der Waals surface area contributed by atoms with E-state index in [4.69, 9.17) is 4.42 Å². The van der Waals surface area contributed by atoms with Crippen LogP contribution in [0.3, 0.4) is 0 Å². The molecule has 1 aromatic heterocycles. The van der Waals surface area contributed by atoms with Crippen LogP contribution in [0, 0.1) is 6.92 Å². The van der Waals surface area contributed by atoms with Crippen LogP contribution < -0.4 is 5.32 Å². The lowest BCUT2D eigenvalue weighted by Crippen LogP contribution is -1.84. The van der Waals surface area contributed by atoms with Crippen LogP contribution in [0.5, 0.6) is 0 Å². The summed E-state index contributed by atoms with van der Waals surface area (Å²) in [6, 6.07) is 0.572. The first-order chi connectivity index (χ1) is 4.83. The number of oxazole rings is 1. The van der Waals surface area contributed by atoms with E-state index in [-0.39, 0.29) is 0 Å². The van der Waals surface area contributed by atoms with Crippen LogP contribution in [0.1, 0.15) is 19.6 Å². The molecule has 0 bridgehead atoms. The molecule has 0 atom stereocenters. The van der Waals surface area contributed by atoms with Gasteiger partial charge in [0.15, 0.2) is 0 Å². The molecule has 0 aliphatic rings. The van der Waals surface area contributed by atoms with E-state index in [1.807, 2.05) is 20.8 Å². The molecule has 3 nitrogen and oxygen atoms in total. The lowest BCUT2D eigenvalue weighted by molar-refractivity contribution is 0.544. The molecular formula is C7H14N2O. The van der Waals surface area contributed by atoms with E-state index in [9.17, 15) is 0 Å². The zero-order valence-electron chi connectivity index (χ0n) is 6.93. The number of nitrogens with zero attached hydrogens (tertiary/aromatic N) is 1. The zero-order valence-corrected chi connectivity index (χ0v) is 6.93. The molecule has 10 heavy (non-hydrogen) atoms. The SMILES string of the molecule is CC.CNc1ncc(C)o1. The standard InChI is InChI=1S/C5H8N2O.C2H6/c1-4-3-7-5(6-2)8-4;1-2/h3H,1-2H3,(H,6,7);1-2H3. The number of rotatable bonds is 1. The highest BCUT2D eigenvalue weighted by Crippen LogP contribution is 2.04. The number of hydrogen-bond acceptors (Lipinski definition) is 3. The van der Waals surface area contributed by atoms with Crippen LogP contribution in [0.4, 0.5) is 6.01 Å². The molecule has 1 rings (SSSR count). The summed E-state index contributed by atoms with van der Waals surface area (Å²) in [5.41, 5.74) is 0. The van der Waals surface area contributed by atoms with E-state index in [1.54, 1.807) is 13.2 Å². The second-order valence-electron chi connectivity index (χ2n) is 1.53. The molecule has 0 amide bonds. The molecule has 0 radical (unpaired) electrons. The molecule has 1 aromatic rings. The van der Waals surface area contributed by atoms with Gasteiger partial charge in [-0.25, -0.2) is 4.98 Å². The van der Waals surface area contributed by atoms with E-state index in [0.29, 0.717) is 6.01 Å². The molecular weight excluding hydrogens is 128 g/mol. The molecule has 0 unspecified atom stereocenters. The second kappa shape index (κ2) is 4.85. The highest BCUT2D eigenvalue weighted by molar-refractivity contribution is 5.17. The van der Waals surface area contributed by atoms with Gasteiger partial charge in [-0.3, -0.25) is 0 Å². The van der Waals surface area contributed by atoms with E-state index in [1.165, 1.54) is 0 Å². The lowest BCUT2D eigenvalue weighted by atomic mass is 10.6. The lowest BCUT2D eigenvalue weighted by Gasteiger charge is -1.85. The van der Waals surface area contributed by atoms with E-state index in [0.717, 1.165) is 5.76 Å². The molecule has 0 spiro atoms. The fourth-order valence-corrected chi connectivity index (χ4v) is 0.470. The fourth-order valence-electron chi connectivity index (χ4n) is 0.470. The third-order valence-electron chi connectivity index (χ3n) is 0.835. The zero-order chi connectivity index (χ0) is 7.98. The van der Waals surface area contributed by atoms with Crippen LogP contribution in [0.25, 0.3) is 0 Å². The molecule has 3 heteroatoms. The van der Waals surface area contributed by atoms with Gasteiger partial charge >= 0.3 is 0 Å². The molecule has 0 aliphatic heterocycles.